The lowest BCUT2D eigenvalue weighted by atomic mass is 10.1. The van der Waals surface area contributed by atoms with E-state index in [1.807, 2.05) is 19.1 Å². The molecule has 0 rings (SSSR count). The molecule has 0 aliphatic rings. The summed E-state index contributed by atoms with van der Waals surface area (Å²) < 4.78 is 10.1. The second-order valence-electron chi connectivity index (χ2n) is 2.65. The van der Waals surface area contributed by atoms with E-state index in [-0.39, 0.29) is 0 Å². The molecule has 13 heavy (non-hydrogen) atoms. The smallest absolute Gasteiger partial charge is 0.0788 e. The molecular weight excluding hydrogens is 166 g/mol. The molecule has 0 aromatic carbocycles. The Balaban J connectivity index is 3.79. The molecule has 0 radical (unpaired) electrons. The Bertz CT molecular complexity index is 155. The summed E-state index contributed by atoms with van der Waals surface area (Å²) in [6.45, 7) is 3.43. The standard InChI is InChI=1S/C10H19NO2/c1-3-13-9-10(5-4-7-11)6-8-12-2/h4,6-8,10H,3,5,9,11H2,1-2H3/b7-4+,8-6+. The zero-order valence-electron chi connectivity index (χ0n) is 8.40. The van der Waals surface area contributed by atoms with Crippen molar-refractivity contribution in [2.24, 2.45) is 11.7 Å². The summed E-state index contributed by atoms with van der Waals surface area (Å²) in [4.78, 5) is 0. The fraction of sp³-hybridized carbons (Fsp3) is 0.600. The van der Waals surface area contributed by atoms with E-state index in [1.165, 1.54) is 0 Å². The van der Waals surface area contributed by atoms with E-state index < -0.39 is 0 Å². The molecule has 0 spiro atoms. The zero-order chi connectivity index (χ0) is 9.94. The Morgan fingerprint density at radius 1 is 1.46 bits per heavy atom. The van der Waals surface area contributed by atoms with Crippen LogP contribution in [-0.2, 0) is 9.47 Å². The fourth-order valence-corrected chi connectivity index (χ4v) is 0.914. The van der Waals surface area contributed by atoms with Gasteiger partial charge in [-0.05, 0) is 25.6 Å². The molecule has 0 saturated carbocycles. The van der Waals surface area contributed by atoms with Crippen molar-refractivity contribution in [3.63, 3.8) is 0 Å². The van der Waals surface area contributed by atoms with Crippen molar-refractivity contribution in [3.05, 3.63) is 24.6 Å². The number of rotatable bonds is 7. The quantitative estimate of drug-likeness (QED) is 0.613. The summed E-state index contributed by atoms with van der Waals surface area (Å²) in [5, 5.41) is 0. The molecule has 0 aromatic heterocycles. The van der Waals surface area contributed by atoms with Crippen LogP contribution in [-0.4, -0.2) is 20.3 Å². The highest BCUT2D eigenvalue weighted by atomic mass is 16.5. The van der Waals surface area contributed by atoms with Gasteiger partial charge in [-0.2, -0.15) is 0 Å². The van der Waals surface area contributed by atoms with E-state index in [4.69, 9.17) is 15.2 Å². The molecule has 1 unspecified atom stereocenters. The predicted molar refractivity (Wildman–Crippen MR) is 54.1 cm³/mol. The van der Waals surface area contributed by atoms with Crippen molar-refractivity contribution < 1.29 is 9.47 Å². The maximum Gasteiger partial charge on any atom is 0.0788 e. The highest BCUT2D eigenvalue weighted by molar-refractivity contribution is 4.89. The fourth-order valence-electron chi connectivity index (χ4n) is 0.914. The molecule has 0 aliphatic heterocycles. The second-order valence-corrected chi connectivity index (χ2v) is 2.65. The lowest BCUT2D eigenvalue weighted by Gasteiger charge is -2.09. The van der Waals surface area contributed by atoms with Crippen molar-refractivity contribution in [2.75, 3.05) is 20.3 Å². The van der Waals surface area contributed by atoms with Crippen molar-refractivity contribution in [2.45, 2.75) is 13.3 Å². The minimum absolute atomic E-state index is 0.347. The normalized spacial score (nSPS) is 14.0. The molecule has 1 atom stereocenters. The van der Waals surface area contributed by atoms with Crippen LogP contribution in [0, 0.1) is 5.92 Å². The van der Waals surface area contributed by atoms with Crippen LogP contribution in [0.15, 0.2) is 24.6 Å². The molecule has 3 nitrogen and oxygen atoms in total. The number of ether oxygens (including phenoxy) is 2. The maximum atomic E-state index is 5.31. The highest BCUT2D eigenvalue weighted by Gasteiger charge is 2.01. The molecule has 0 aliphatic carbocycles. The van der Waals surface area contributed by atoms with Gasteiger partial charge in [0.15, 0.2) is 0 Å². The highest BCUT2D eigenvalue weighted by Crippen LogP contribution is 2.06. The first kappa shape index (κ1) is 12.0. The Hall–Kier alpha value is -0.960. The molecule has 0 aromatic rings. The van der Waals surface area contributed by atoms with Crippen LogP contribution in [0.2, 0.25) is 0 Å². The van der Waals surface area contributed by atoms with Gasteiger partial charge >= 0.3 is 0 Å². The van der Waals surface area contributed by atoms with Gasteiger partial charge in [-0.1, -0.05) is 6.08 Å². The van der Waals surface area contributed by atoms with E-state index in [9.17, 15) is 0 Å². The summed E-state index contributed by atoms with van der Waals surface area (Å²) in [6, 6.07) is 0. The average Bonchev–Trinajstić information content (AvgIpc) is 2.17. The van der Waals surface area contributed by atoms with Crippen LogP contribution in [0.4, 0.5) is 0 Å². The van der Waals surface area contributed by atoms with E-state index in [0.29, 0.717) is 12.5 Å². The number of hydrogen-bond donors (Lipinski definition) is 1. The van der Waals surface area contributed by atoms with Crippen LogP contribution in [0.1, 0.15) is 13.3 Å². The first-order valence-electron chi connectivity index (χ1n) is 4.49. The van der Waals surface area contributed by atoms with Crippen LogP contribution in [0.3, 0.4) is 0 Å². The third-order valence-electron chi connectivity index (χ3n) is 1.60. The van der Waals surface area contributed by atoms with Crippen LogP contribution in [0.5, 0.6) is 0 Å². The van der Waals surface area contributed by atoms with Gasteiger partial charge in [-0.15, -0.1) is 0 Å². The minimum Gasteiger partial charge on any atom is -0.505 e. The maximum absolute atomic E-state index is 5.31. The molecule has 0 bridgehead atoms. The SMILES string of the molecule is CCOCC(/C=C/OC)C/C=C/N. The van der Waals surface area contributed by atoms with Gasteiger partial charge < -0.3 is 15.2 Å². The topological polar surface area (TPSA) is 44.5 Å². The molecular formula is C10H19NO2. The van der Waals surface area contributed by atoms with E-state index in [1.54, 1.807) is 19.6 Å². The Morgan fingerprint density at radius 3 is 2.77 bits per heavy atom. The largest absolute Gasteiger partial charge is 0.505 e. The summed E-state index contributed by atoms with van der Waals surface area (Å²) >= 11 is 0. The van der Waals surface area contributed by atoms with Crippen LogP contribution < -0.4 is 5.73 Å². The van der Waals surface area contributed by atoms with Crippen LogP contribution >= 0.6 is 0 Å². The summed E-state index contributed by atoms with van der Waals surface area (Å²) in [7, 11) is 1.63. The Morgan fingerprint density at radius 2 is 2.23 bits per heavy atom. The molecule has 2 N–H and O–H groups in total. The lowest BCUT2D eigenvalue weighted by Crippen LogP contribution is -2.06. The van der Waals surface area contributed by atoms with E-state index in [0.717, 1.165) is 13.0 Å². The van der Waals surface area contributed by atoms with Crippen molar-refractivity contribution in [3.8, 4) is 0 Å². The predicted octanol–water partition coefficient (Wildman–Crippen LogP) is 1.66. The van der Waals surface area contributed by atoms with Crippen molar-refractivity contribution >= 4 is 0 Å². The second kappa shape index (κ2) is 9.13. The monoisotopic (exact) mass is 185 g/mol. The van der Waals surface area contributed by atoms with Gasteiger partial charge in [0.2, 0.25) is 0 Å². The first-order chi connectivity index (χ1) is 6.35. The molecule has 3 heteroatoms. The number of nitrogens with two attached hydrogens (primary N) is 1. The summed E-state index contributed by atoms with van der Waals surface area (Å²) in [5.41, 5.74) is 5.26. The number of allylic oxidation sites excluding steroid dienone is 1. The Labute approximate surface area is 80.2 Å². The molecule has 0 saturated heterocycles. The van der Waals surface area contributed by atoms with Gasteiger partial charge in [-0.25, -0.2) is 0 Å². The lowest BCUT2D eigenvalue weighted by molar-refractivity contribution is 0.124. The van der Waals surface area contributed by atoms with Gasteiger partial charge in [0.1, 0.15) is 0 Å². The van der Waals surface area contributed by atoms with Gasteiger partial charge in [0.05, 0.1) is 20.0 Å². The molecule has 76 valence electrons. The van der Waals surface area contributed by atoms with Crippen LogP contribution in [0.25, 0.3) is 0 Å². The third-order valence-corrected chi connectivity index (χ3v) is 1.60. The Kier molecular flexibility index (Phi) is 8.46. The van der Waals surface area contributed by atoms with E-state index in [2.05, 4.69) is 0 Å². The number of hydrogen-bond acceptors (Lipinski definition) is 3. The molecule has 0 amide bonds. The van der Waals surface area contributed by atoms with Crippen molar-refractivity contribution in [1.29, 1.82) is 0 Å². The van der Waals surface area contributed by atoms with Gasteiger partial charge in [0, 0.05) is 12.5 Å². The average molecular weight is 185 g/mol. The summed E-state index contributed by atoms with van der Waals surface area (Å²) in [5.74, 6) is 0.347. The van der Waals surface area contributed by atoms with Gasteiger partial charge in [-0.3, -0.25) is 0 Å². The molecule has 0 heterocycles. The zero-order valence-corrected chi connectivity index (χ0v) is 8.40. The van der Waals surface area contributed by atoms with E-state index >= 15 is 0 Å². The summed E-state index contributed by atoms with van der Waals surface area (Å²) in [6.07, 6.45) is 8.02. The number of methoxy groups -OCH3 is 1. The minimum atomic E-state index is 0.347. The molecule has 0 fully saturated rings. The van der Waals surface area contributed by atoms with Crippen molar-refractivity contribution in [1.82, 2.24) is 0 Å². The van der Waals surface area contributed by atoms with Gasteiger partial charge in [0.25, 0.3) is 0 Å². The first-order valence-corrected chi connectivity index (χ1v) is 4.49. The third kappa shape index (κ3) is 7.40.